The largest absolute Gasteiger partial charge is 0.489 e. The molecule has 0 aromatic heterocycles. The van der Waals surface area contributed by atoms with Gasteiger partial charge in [-0.2, -0.15) is 0 Å². The summed E-state index contributed by atoms with van der Waals surface area (Å²) in [5.41, 5.74) is 5.12. The normalized spacial score (nSPS) is 15.1. The Balaban J connectivity index is 1.24. The van der Waals surface area contributed by atoms with Crippen molar-refractivity contribution in [2.24, 2.45) is 0 Å². The molecule has 0 bridgehead atoms. The van der Waals surface area contributed by atoms with Gasteiger partial charge < -0.3 is 14.8 Å². The molecule has 5 heteroatoms. The zero-order valence-electron chi connectivity index (χ0n) is 20.7. The molecule has 182 valence electrons. The lowest BCUT2D eigenvalue weighted by atomic mass is 9.87. The van der Waals surface area contributed by atoms with Crippen LogP contribution in [-0.4, -0.2) is 18.5 Å². The van der Waals surface area contributed by atoms with E-state index in [4.69, 9.17) is 9.47 Å². The third-order valence-electron chi connectivity index (χ3n) is 6.35. The number of benzene rings is 3. The van der Waals surface area contributed by atoms with Gasteiger partial charge in [0.25, 0.3) is 5.91 Å². The molecule has 0 saturated carbocycles. The predicted molar refractivity (Wildman–Crippen MR) is 136 cm³/mol. The Morgan fingerprint density at radius 3 is 2.37 bits per heavy atom. The lowest BCUT2D eigenvalue weighted by Crippen LogP contribution is -2.34. The lowest BCUT2D eigenvalue weighted by molar-refractivity contribution is -0.125. The second kappa shape index (κ2) is 10.8. The van der Waals surface area contributed by atoms with Gasteiger partial charge in [0.1, 0.15) is 12.4 Å². The molecule has 0 heterocycles. The molecule has 5 nitrogen and oxygen atoms in total. The fourth-order valence-corrected chi connectivity index (χ4v) is 4.31. The van der Waals surface area contributed by atoms with Crippen molar-refractivity contribution in [3.63, 3.8) is 0 Å². The first-order valence-electron chi connectivity index (χ1n) is 12.2. The van der Waals surface area contributed by atoms with E-state index in [0.717, 1.165) is 36.1 Å². The summed E-state index contributed by atoms with van der Waals surface area (Å²) in [5, 5.41) is 3.00. The molecule has 0 saturated heterocycles. The SMILES string of the molecule is CC(C)(C)c1ccc(OCc2ccc(C(=O)OCC(=O)NC3CCCc4ccccc43)cc2)cc1. The topological polar surface area (TPSA) is 64.6 Å². The van der Waals surface area contributed by atoms with Crippen LogP contribution in [0.15, 0.2) is 72.8 Å². The summed E-state index contributed by atoms with van der Waals surface area (Å²) in [6, 6.07) is 23.3. The van der Waals surface area contributed by atoms with Gasteiger partial charge in [-0.15, -0.1) is 0 Å². The summed E-state index contributed by atoms with van der Waals surface area (Å²) in [6.07, 6.45) is 2.95. The summed E-state index contributed by atoms with van der Waals surface area (Å²) in [4.78, 5) is 24.8. The number of fused-ring (bicyclic) bond motifs is 1. The second-order valence-electron chi connectivity index (χ2n) is 10.0. The number of rotatable bonds is 7. The molecule has 3 aromatic rings. The molecule has 1 atom stereocenters. The van der Waals surface area contributed by atoms with E-state index in [1.807, 2.05) is 36.4 Å². The first kappa shape index (κ1) is 24.5. The molecule has 0 aliphatic heterocycles. The molecule has 35 heavy (non-hydrogen) atoms. The summed E-state index contributed by atoms with van der Waals surface area (Å²) >= 11 is 0. The van der Waals surface area contributed by atoms with Crippen LogP contribution in [0.5, 0.6) is 5.75 Å². The summed E-state index contributed by atoms with van der Waals surface area (Å²) in [5.74, 6) is -0.00919. The van der Waals surface area contributed by atoms with E-state index in [0.29, 0.717) is 12.2 Å². The van der Waals surface area contributed by atoms with Gasteiger partial charge in [0.15, 0.2) is 6.61 Å². The van der Waals surface area contributed by atoms with E-state index in [9.17, 15) is 9.59 Å². The van der Waals surface area contributed by atoms with Gasteiger partial charge in [0.2, 0.25) is 0 Å². The average Bonchev–Trinajstić information content (AvgIpc) is 2.86. The Bertz CT molecular complexity index is 1160. The van der Waals surface area contributed by atoms with Gasteiger partial charge in [-0.3, -0.25) is 4.79 Å². The van der Waals surface area contributed by atoms with Crippen LogP contribution in [0.2, 0.25) is 0 Å². The smallest absolute Gasteiger partial charge is 0.338 e. The third-order valence-corrected chi connectivity index (χ3v) is 6.35. The number of aryl methyl sites for hydroxylation is 1. The minimum absolute atomic E-state index is 0.0323. The van der Waals surface area contributed by atoms with Crippen molar-refractivity contribution in [2.45, 2.75) is 58.1 Å². The van der Waals surface area contributed by atoms with Gasteiger partial charge >= 0.3 is 5.97 Å². The van der Waals surface area contributed by atoms with Gasteiger partial charge in [0, 0.05) is 0 Å². The van der Waals surface area contributed by atoms with Crippen LogP contribution in [-0.2, 0) is 28.0 Å². The first-order valence-corrected chi connectivity index (χ1v) is 12.2. The molecule has 1 aliphatic rings. The Kier molecular flexibility index (Phi) is 7.54. The minimum Gasteiger partial charge on any atom is -0.489 e. The summed E-state index contributed by atoms with van der Waals surface area (Å²) in [6.45, 7) is 6.63. The zero-order chi connectivity index (χ0) is 24.8. The van der Waals surface area contributed by atoms with Crippen molar-refractivity contribution in [2.75, 3.05) is 6.61 Å². The predicted octanol–water partition coefficient (Wildman–Crippen LogP) is 5.91. The molecule has 0 spiro atoms. The van der Waals surface area contributed by atoms with Crippen LogP contribution >= 0.6 is 0 Å². The molecule has 1 N–H and O–H groups in total. The summed E-state index contributed by atoms with van der Waals surface area (Å²) in [7, 11) is 0. The Morgan fingerprint density at radius 2 is 1.66 bits per heavy atom. The van der Waals surface area contributed by atoms with Crippen LogP contribution in [0, 0.1) is 0 Å². The van der Waals surface area contributed by atoms with E-state index in [-0.39, 0.29) is 24.0 Å². The third kappa shape index (κ3) is 6.50. The highest BCUT2D eigenvalue weighted by atomic mass is 16.5. The number of ether oxygens (including phenoxy) is 2. The van der Waals surface area contributed by atoms with Crippen LogP contribution in [0.4, 0.5) is 0 Å². The van der Waals surface area contributed by atoms with E-state index in [2.05, 4.69) is 50.4 Å². The highest BCUT2D eigenvalue weighted by Crippen LogP contribution is 2.29. The fraction of sp³-hybridized carbons (Fsp3) is 0.333. The molecular weight excluding hydrogens is 438 g/mol. The van der Waals surface area contributed by atoms with E-state index in [1.165, 1.54) is 11.1 Å². The maximum Gasteiger partial charge on any atom is 0.338 e. The zero-order valence-corrected chi connectivity index (χ0v) is 20.7. The first-order chi connectivity index (χ1) is 16.8. The average molecular weight is 472 g/mol. The molecule has 3 aromatic carbocycles. The molecule has 1 unspecified atom stereocenters. The standard InChI is InChI=1S/C30H33NO4/c1-30(2,3)24-15-17-25(18-16-24)34-19-21-11-13-23(14-12-21)29(33)35-20-28(32)31-27-10-6-8-22-7-4-5-9-26(22)27/h4-5,7,9,11-18,27H,6,8,10,19-20H2,1-3H3,(H,31,32). The maximum absolute atomic E-state index is 12.4. The van der Waals surface area contributed by atoms with Gasteiger partial charge in [0.05, 0.1) is 11.6 Å². The van der Waals surface area contributed by atoms with Crippen LogP contribution in [0.25, 0.3) is 0 Å². The Morgan fingerprint density at radius 1 is 0.943 bits per heavy atom. The minimum atomic E-state index is -0.519. The quantitative estimate of drug-likeness (QED) is 0.435. The number of amides is 1. The van der Waals surface area contributed by atoms with Crippen LogP contribution in [0.1, 0.15) is 72.3 Å². The van der Waals surface area contributed by atoms with Crippen molar-refractivity contribution in [1.29, 1.82) is 0 Å². The number of esters is 1. The Hall–Kier alpha value is -3.60. The number of carbonyl (C=O) groups is 2. The van der Waals surface area contributed by atoms with Crippen molar-refractivity contribution in [3.8, 4) is 5.75 Å². The number of nitrogens with one attached hydrogen (secondary N) is 1. The monoisotopic (exact) mass is 471 g/mol. The van der Waals surface area contributed by atoms with Gasteiger partial charge in [-0.1, -0.05) is 69.3 Å². The van der Waals surface area contributed by atoms with Crippen LogP contribution in [0.3, 0.4) is 0 Å². The molecule has 0 radical (unpaired) electrons. The fourth-order valence-electron chi connectivity index (χ4n) is 4.31. The maximum atomic E-state index is 12.4. The van der Waals surface area contributed by atoms with E-state index < -0.39 is 5.97 Å². The summed E-state index contributed by atoms with van der Waals surface area (Å²) < 4.78 is 11.1. The molecular formula is C30H33NO4. The highest BCUT2D eigenvalue weighted by molar-refractivity contribution is 5.91. The van der Waals surface area contributed by atoms with Crippen molar-refractivity contribution in [1.82, 2.24) is 5.32 Å². The number of carbonyl (C=O) groups excluding carboxylic acids is 2. The van der Waals surface area contributed by atoms with Crippen molar-refractivity contribution in [3.05, 3.63) is 101 Å². The van der Waals surface area contributed by atoms with Gasteiger partial charge in [-0.05, 0) is 71.2 Å². The Labute approximate surface area is 207 Å². The van der Waals surface area contributed by atoms with Crippen LogP contribution < -0.4 is 10.1 Å². The highest BCUT2D eigenvalue weighted by Gasteiger charge is 2.22. The second-order valence-corrected chi connectivity index (χ2v) is 10.0. The molecule has 1 amide bonds. The number of hydrogen-bond acceptors (Lipinski definition) is 4. The van der Waals surface area contributed by atoms with E-state index >= 15 is 0 Å². The number of hydrogen-bond donors (Lipinski definition) is 1. The van der Waals surface area contributed by atoms with Crippen molar-refractivity contribution >= 4 is 11.9 Å². The molecule has 0 fully saturated rings. The molecule has 1 aliphatic carbocycles. The lowest BCUT2D eigenvalue weighted by Gasteiger charge is -2.26. The van der Waals surface area contributed by atoms with Crippen molar-refractivity contribution < 1.29 is 19.1 Å². The molecule has 4 rings (SSSR count). The van der Waals surface area contributed by atoms with Gasteiger partial charge in [-0.25, -0.2) is 4.79 Å². The van der Waals surface area contributed by atoms with E-state index in [1.54, 1.807) is 12.1 Å².